The van der Waals surface area contributed by atoms with Crippen molar-refractivity contribution in [2.24, 2.45) is 0 Å². The van der Waals surface area contributed by atoms with E-state index in [1.165, 1.54) is 0 Å². The third-order valence-corrected chi connectivity index (χ3v) is 4.31. The molecule has 7 heteroatoms. The number of carbonyl (C=O) groups is 2. The van der Waals surface area contributed by atoms with Gasteiger partial charge in [-0.3, -0.25) is 9.59 Å². The number of esters is 1. The zero-order valence-electron chi connectivity index (χ0n) is 14.8. The molecule has 0 N–H and O–H groups in total. The van der Waals surface area contributed by atoms with E-state index in [0.29, 0.717) is 28.4 Å². The SMILES string of the molecule is C[C@H]1Oc2ccccc2N(CCC(=O)OCc2nc3ccccc3o2)C1=O. The summed E-state index contributed by atoms with van der Waals surface area (Å²) in [5, 5.41) is 0. The van der Waals surface area contributed by atoms with Gasteiger partial charge in [-0.15, -0.1) is 0 Å². The van der Waals surface area contributed by atoms with Crippen LogP contribution in [0, 0.1) is 0 Å². The van der Waals surface area contributed by atoms with Gasteiger partial charge in [-0.25, -0.2) is 4.98 Å². The van der Waals surface area contributed by atoms with Crippen molar-refractivity contribution in [3.05, 3.63) is 54.4 Å². The third-order valence-electron chi connectivity index (χ3n) is 4.31. The van der Waals surface area contributed by atoms with Crippen LogP contribution in [-0.2, 0) is 20.9 Å². The Balaban J connectivity index is 1.37. The van der Waals surface area contributed by atoms with Crippen molar-refractivity contribution >= 4 is 28.7 Å². The van der Waals surface area contributed by atoms with Crippen LogP contribution in [0.4, 0.5) is 5.69 Å². The van der Waals surface area contributed by atoms with Crippen molar-refractivity contribution in [2.75, 3.05) is 11.4 Å². The minimum absolute atomic E-state index is 0.0441. The molecule has 1 aromatic heterocycles. The second-order valence-corrected chi connectivity index (χ2v) is 6.20. The lowest BCUT2D eigenvalue weighted by Gasteiger charge is -2.32. The molecule has 3 aromatic rings. The average Bonchev–Trinajstić information content (AvgIpc) is 3.10. The molecular weight excluding hydrogens is 348 g/mol. The summed E-state index contributed by atoms with van der Waals surface area (Å²) in [4.78, 5) is 30.3. The van der Waals surface area contributed by atoms with Crippen molar-refractivity contribution in [1.82, 2.24) is 4.98 Å². The van der Waals surface area contributed by atoms with Gasteiger partial charge in [0.25, 0.3) is 5.91 Å². The van der Waals surface area contributed by atoms with Crippen LogP contribution in [0.3, 0.4) is 0 Å². The fraction of sp³-hybridized carbons (Fsp3) is 0.250. The first-order valence-electron chi connectivity index (χ1n) is 8.69. The largest absolute Gasteiger partial charge is 0.479 e. The van der Waals surface area contributed by atoms with Crippen molar-refractivity contribution in [1.29, 1.82) is 0 Å². The summed E-state index contributed by atoms with van der Waals surface area (Å²) in [6, 6.07) is 14.6. The van der Waals surface area contributed by atoms with E-state index in [0.717, 1.165) is 0 Å². The molecule has 7 nitrogen and oxygen atoms in total. The number of nitrogens with zero attached hydrogens (tertiary/aromatic N) is 2. The lowest BCUT2D eigenvalue weighted by molar-refractivity contribution is -0.145. The minimum Gasteiger partial charge on any atom is -0.479 e. The van der Waals surface area contributed by atoms with Crippen LogP contribution >= 0.6 is 0 Å². The van der Waals surface area contributed by atoms with E-state index in [4.69, 9.17) is 13.9 Å². The number of rotatable bonds is 5. The van der Waals surface area contributed by atoms with Crippen LogP contribution in [0.5, 0.6) is 5.75 Å². The van der Waals surface area contributed by atoms with E-state index in [9.17, 15) is 9.59 Å². The second kappa shape index (κ2) is 7.11. The van der Waals surface area contributed by atoms with Crippen LogP contribution in [0.1, 0.15) is 19.2 Å². The number of carbonyl (C=O) groups excluding carboxylic acids is 2. The number of para-hydroxylation sites is 4. The number of amides is 1. The third kappa shape index (κ3) is 3.48. The first kappa shape index (κ1) is 17.1. The Bertz CT molecular complexity index is 964. The molecule has 4 rings (SSSR count). The lowest BCUT2D eigenvalue weighted by atomic mass is 10.2. The zero-order chi connectivity index (χ0) is 18.8. The molecule has 0 fully saturated rings. The maximum atomic E-state index is 12.4. The van der Waals surface area contributed by atoms with Gasteiger partial charge >= 0.3 is 5.97 Å². The summed E-state index contributed by atoms with van der Waals surface area (Å²) >= 11 is 0. The Morgan fingerprint density at radius 1 is 1.19 bits per heavy atom. The van der Waals surface area contributed by atoms with Crippen LogP contribution < -0.4 is 9.64 Å². The van der Waals surface area contributed by atoms with Crippen LogP contribution in [0.2, 0.25) is 0 Å². The van der Waals surface area contributed by atoms with Gasteiger partial charge in [0.15, 0.2) is 18.3 Å². The van der Waals surface area contributed by atoms with Gasteiger partial charge < -0.3 is 18.8 Å². The average molecular weight is 366 g/mol. The lowest BCUT2D eigenvalue weighted by Crippen LogP contribution is -2.45. The van der Waals surface area contributed by atoms with Gasteiger partial charge in [0.05, 0.1) is 12.1 Å². The van der Waals surface area contributed by atoms with E-state index >= 15 is 0 Å². The van der Waals surface area contributed by atoms with E-state index in [2.05, 4.69) is 4.98 Å². The summed E-state index contributed by atoms with van der Waals surface area (Å²) in [5.74, 6) is 0.359. The first-order chi connectivity index (χ1) is 13.1. The molecular formula is C20H18N2O5. The fourth-order valence-electron chi connectivity index (χ4n) is 2.99. The van der Waals surface area contributed by atoms with Gasteiger partial charge in [0, 0.05) is 6.54 Å². The molecule has 1 aliphatic heterocycles. The van der Waals surface area contributed by atoms with E-state index in [1.54, 1.807) is 30.0 Å². The van der Waals surface area contributed by atoms with E-state index in [-0.39, 0.29) is 25.5 Å². The highest BCUT2D eigenvalue weighted by molar-refractivity contribution is 6.00. The molecule has 2 heterocycles. The Kier molecular flexibility index (Phi) is 4.50. The highest BCUT2D eigenvalue weighted by Crippen LogP contribution is 2.33. The summed E-state index contributed by atoms with van der Waals surface area (Å²) in [7, 11) is 0. The zero-order valence-corrected chi connectivity index (χ0v) is 14.8. The van der Waals surface area contributed by atoms with Crippen molar-refractivity contribution in [2.45, 2.75) is 26.1 Å². The minimum atomic E-state index is -0.587. The maximum absolute atomic E-state index is 12.4. The predicted octanol–water partition coefficient (Wildman–Crippen LogP) is 3.08. The fourth-order valence-corrected chi connectivity index (χ4v) is 2.99. The molecule has 0 saturated heterocycles. The predicted molar refractivity (Wildman–Crippen MR) is 97.3 cm³/mol. The molecule has 27 heavy (non-hydrogen) atoms. The van der Waals surface area contributed by atoms with Gasteiger partial charge in [0.1, 0.15) is 11.3 Å². The number of fused-ring (bicyclic) bond motifs is 2. The van der Waals surface area contributed by atoms with Gasteiger partial charge in [-0.2, -0.15) is 0 Å². The summed E-state index contributed by atoms with van der Waals surface area (Å²) in [5.41, 5.74) is 2.02. The number of oxazole rings is 1. The second-order valence-electron chi connectivity index (χ2n) is 6.20. The van der Waals surface area contributed by atoms with E-state index < -0.39 is 12.1 Å². The van der Waals surface area contributed by atoms with Gasteiger partial charge in [-0.1, -0.05) is 24.3 Å². The molecule has 138 valence electrons. The number of hydrogen-bond acceptors (Lipinski definition) is 6. The van der Waals surface area contributed by atoms with Crippen LogP contribution in [-0.4, -0.2) is 29.5 Å². The molecule has 0 unspecified atom stereocenters. The van der Waals surface area contributed by atoms with Crippen molar-refractivity contribution < 1.29 is 23.5 Å². The molecule has 0 spiro atoms. The molecule has 0 saturated carbocycles. The van der Waals surface area contributed by atoms with Crippen LogP contribution in [0.15, 0.2) is 52.9 Å². The maximum Gasteiger partial charge on any atom is 0.308 e. The first-order valence-corrected chi connectivity index (χ1v) is 8.69. The molecule has 0 bridgehead atoms. The summed E-state index contributed by atoms with van der Waals surface area (Å²) < 4.78 is 16.3. The van der Waals surface area contributed by atoms with Gasteiger partial charge in [0.2, 0.25) is 5.89 Å². The Morgan fingerprint density at radius 3 is 2.81 bits per heavy atom. The van der Waals surface area contributed by atoms with Crippen LogP contribution in [0.25, 0.3) is 11.1 Å². The molecule has 2 aromatic carbocycles. The van der Waals surface area contributed by atoms with Gasteiger partial charge in [-0.05, 0) is 31.2 Å². The van der Waals surface area contributed by atoms with Crippen molar-refractivity contribution in [3.8, 4) is 5.75 Å². The molecule has 1 amide bonds. The van der Waals surface area contributed by atoms with E-state index in [1.807, 2.05) is 30.3 Å². The number of benzene rings is 2. The Labute approximate surface area is 155 Å². The summed E-state index contributed by atoms with van der Waals surface area (Å²) in [6.07, 6.45) is -0.525. The molecule has 1 aliphatic rings. The Hall–Kier alpha value is -3.35. The highest BCUT2D eigenvalue weighted by Gasteiger charge is 2.31. The topological polar surface area (TPSA) is 81.9 Å². The monoisotopic (exact) mass is 366 g/mol. The standard InChI is InChI=1S/C20H18N2O5/c1-13-20(24)22(15-7-3-5-9-17(15)26-13)11-10-19(23)25-12-18-21-14-6-2-4-8-16(14)27-18/h2-9,13H,10-12H2,1H3/t13-/m1/s1. The number of aromatic nitrogens is 1. The quantitative estimate of drug-likeness (QED) is 0.646. The normalized spacial score (nSPS) is 16.1. The smallest absolute Gasteiger partial charge is 0.308 e. The molecule has 0 aliphatic carbocycles. The van der Waals surface area contributed by atoms with Crippen molar-refractivity contribution in [3.63, 3.8) is 0 Å². The molecule has 0 radical (unpaired) electrons. The number of anilines is 1. The number of hydrogen-bond donors (Lipinski definition) is 0. The Morgan fingerprint density at radius 2 is 1.96 bits per heavy atom. The highest BCUT2D eigenvalue weighted by atomic mass is 16.5. The molecule has 1 atom stereocenters. The summed E-state index contributed by atoms with van der Waals surface area (Å²) in [6.45, 7) is 1.87. The number of ether oxygens (including phenoxy) is 2.